The van der Waals surface area contributed by atoms with E-state index < -0.39 is 0 Å². The minimum Gasteiger partial charge on any atom is -0.350 e. The number of hydrogen-bond acceptors (Lipinski definition) is 4. The SMILES string of the molecule is Cc1cccc(CNc2nc(C)cc(C(=O)N3CCCC(C)C3)n2)c1. The molecule has 1 N–H and O–H groups in total. The number of aromatic nitrogens is 2. The van der Waals surface area contributed by atoms with E-state index in [1.54, 1.807) is 6.07 Å². The molecule has 1 fully saturated rings. The van der Waals surface area contributed by atoms with Gasteiger partial charge < -0.3 is 10.2 Å². The Hall–Kier alpha value is -2.43. The third kappa shape index (κ3) is 4.56. The van der Waals surface area contributed by atoms with Crippen LogP contribution in [0.5, 0.6) is 0 Å². The summed E-state index contributed by atoms with van der Waals surface area (Å²) in [6.45, 7) is 8.43. The summed E-state index contributed by atoms with van der Waals surface area (Å²) in [5.41, 5.74) is 3.67. The van der Waals surface area contributed by atoms with Crippen LogP contribution >= 0.6 is 0 Å². The number of piperidine rings is 1. The van der Waals surface area contributed by atoms with Crippen molar-refractivity contribution in [2.45, 2.75) is 40.2 Å². The summed E-state index contributed by atoms with van der Waals surface area (Å²) in [5, 5.41) is 3.24. The molecule has 1 aromatic carbocycles. The third-order valence-corrected chi connectivity index (χ3v) is 4.55. The molecule has 2 heterocycles. The number of nitrogens with zero attached hydrogens (tertiary/aromatic N) is 3. The first-order valence-corrected chi connectivity index (χ1v) is 8.95. The summed E-state index contributed by atoms with van der Waals surface area (Å²) in [7, 11) is 0. The van der Waals surface area contributed by atoms with Gasteiger partial charge in [0, 0.05) is 25.3 Å². The van der Waals surface area contributed by atoms with Crippen LogP contribution in [0, 0.1) is 19.8 Å². The molecule has 1 saturated heterocycles. The van der Waals surface area contributed by atoms with Crippen molar-refractivity contribution in [1.29, 1.82) is 0 Å². The maximum Gasteiger partial charge on any atom is 0.272 e. The molecule has 0 radical (unpaired) electrons. The average molecular weight is 338 g/mol. The zero-order valence-electron chi connectivity index (χ0n) is 15.2. The largest absolute Gasteiger partial charge is 0.350 e. The van der Waals surface area contributed by atoms with Crippen molar-refractivity contribution in [1.82, 2.24) is 14.9 Å². The fraction of sp³-hybridized carbons (Fsp3) is 0.450. The topological polar surface area (TPSA) is 58.1 Å². The number of carbonyl (C=O) groups is 1. The average Bonchev–Trinajstić information content (AvgIpc) is 2.59. The summed E-state index contributed by atoms with van der Waals surface area (Å²) in [4.78, 5) is 23.6. The van der Waals surface area contributed by atoms with Crippen molar-refractivity contribution in [2.24, 2.45) is 5.92 Å². The van der Waals surface area contributed by atoms with E-state index in [1.165, 1.54) is 17.5 Å². The molecule has 1 unspecified atom stereocenters. The Kier molecular flexibility index (Phi) is 5.31. The van der Waals surface area contributed by atoms with E-state index in [0.29, 0.717) is 24.1 Å². The third-order valence-electron chi connectivity index (χ3n) is 4.55. The maximum atomic E-state index is 12.8. The molecule has 1 atom stereocenters. The molecular weight excluding hydrogens is 312 g/mol. The number of anilines is 1. The lowest BCUT2D eigenvalue weighted by atomic mass is 10.00. The first kappa shape index (κ1) is 17.4. The molecule has 0 aliphatic carbocycles. The number of benzene rings is 1. The molecule has 0 spiro atoms. The van der Waals surface area contributed by atoms with Crippen LogP contribution in [0.4, 0.5) is 5.95 Å². The molecule has 1 amide bonds. The van der Waals surface area contributed by atoms with Gasteiger partial charge >= 0.3 is 0 Å². The van der Waals surface area contributed by atoms with Gasteiger partial charge in [-0.25, -0.2) is 9.97 Å². The van der Waals surface area contributed by atoms with Gasteiger partial charge in [-0.05, 0) is 44.2 Å². The van der Waals surface area contributed by atoms with Gasteiger partial charge in [-0.2, -0.15) is 0 Å². The molecule has 1 aliphatic heterocycles. The highest BCUT2D eigenvalue weighted by atomic mass is 16.2. The number of hydrogen-bond donors (Lipinski definition) is 1. The van der Waals surface area contributed by atoms with Gasteiger partial charge in [0.25, 0.3) is 5.91 Å². The molecule has 3 rings (SSSR count). The van der Waals surface area contributed by atoms with Crippen LogP contribution in [0.2, 0.25) is 0 Å². The molecular formula is C20H26N4O. The van der Waals surface area contributed by atoms with Crippen molar-refractivity contribution in [2.75, 3.05) is 18.4 Å². The first-order valence-electron chi connectivity index (χ1n) is 8.95. The molecule has 2 aromatic rings. The predicted octanol–water partition coefficient (Wildman–Crippen LogP) is 3.58. The van der Waals surface area contributed by atoms with E-state index in [2.05, 4.69) is 47.3 Å². The fourth-order valence-electron chi connectivity index (χ4n) is 3.30. The van der Waals surface area contributed by atoms with E-state index in [1.807, 2.05) is 17.9 Å². The Morgan fingerprint density at radius 2 is 2.12 bits per heavy atom. The van der Waals surface area contributed by atoms with Crippen LogP contribution in [0.3, 0.4) is 0 Å². The van der Waals surface area contributed by atoms with Gasteiger partial charge in [-0.3, -0.25) is 4.79 Å². The zero-order chi connectivity index (χ0) is 17.8. The first-order chi connectivity index (χ1) is 12.0. The Morgan fingerprint density at radius 3 is 2.88 bits per heavy atom. The second-order valence-corrected chi connectivity index (χ2v) is 7.06. The Morgan fingerprint density at radius 1 is 1.28 bits per heavy atom. The normalized spacial score (nSPS) is 17.4. The fourth-order valence-corrected chi connectivity index (χ4v) is 3.30. The minimum atomic E-state index is 0.00987. The Balaban J connectivity index is 1.72. The van der Waals surface area contributed by atoms with E-state index in [-0.39, 0.29) is 5.91 Å². The lowest BCUT2D eigenvalue weighted by Gasteiger charge is -2.30. The second kappa shape index (κ2) is 7.64. The second-order valence-electron chi connectivity index (χ2n) is 7.06. The van der Waals surface area contributed by atoms with Crippen LogP contribution in [-0.2, 0) is 6.54 Å². The molecule has 132 valence electrons. The van der Waals surface area contributed by atoms with Gasteiger partial charge in [-0.15, -0.1) is 0 Å². The highest BCUT2D eigenvalue weighted by Crippen LogP contribution is 2.18. The van der Waals surface area contributed by atoms with Crippen molar-refractivity contribution in [3.8, 4) is 0 Å². The number of carbonyl (C=O) groups excluding carboxylic acids is 1. The number of likely N-dealkylation sites (tertiary alicyclic amines) is 1. The summed E-state index contributed by atoms with van der Waals surface area (Å²) < 4.78 is 0. The van der Waals surface area contributed by atoms with Crippen molar-refractivity contribution in [3.05, 3.63) is 52.8 Å². The Bertz CT molecular complexity index is 759. The summed E-state index contributed by atoms with van der Waals surface area (Å²) in [5.74, 6) is 1.07. The van der Waals surface area contributed by atoms with E-state index >= 15 is 0 Å². The number of aryl methyl sites for hydroxylation is 2. The molecule has 25 heavy (non-hydrogen) atoms. The van der Waals surface area contributed by atoms with Crippen LogP contribution in [0.15, 0.2) is 30.3 Å². The monoisotopic (exact) mass is 338 g/mol. The lowest BCUT2D eigenvalue weighted by molar-refractivity contribution is 0.0677. The minimum absolute atomic E-state index is 0.00987. The van der Waals surface area contributed by atoms with Gasteiger partial charge in [0.15, 0.2) is 0 Å². The van der Waals surface area contributed by atoms with E-state index in [0.717, 1.165) is 25.2 Å². The number of nitrogens with one attached hydrogen (secondary N) is 1. The Labute approximate surface area is 149 Å². The highest BCUT2D eigenvalue weighted by Gasteiger charge is 2.23. The maximum absolute atomic E-state index is 12.8. The molecule has 5 nitrogen and oxygen atoms in total. The van der Waals surface area contributed by atoms with Crippen LogP contribution < -0.4 is 5.32 Å². The van der Waals surface area contributed by atoms with Gasteiger partial charge in [0.05, 0.1) is 0 Å². The van der Waals surface area contributed by atoms with Crippen molar-refractivity contribution >= 4 is 11.9 Å². The summed E-state index contributed by atoms with van der Waals surface area (Å²) in [6, 6.07) is 10.1. The summed E-state index contributed by atoms with van der Waals surface area (Å²) >= 11 is 0. The highest BCUT2D eigenvalue weighted by molar-refractivity contribution is 5.92. The standard InChI is InChI=1S/C20H26N4O/c1-14-6-4-8-17(10-14)12-21-20-22-16(3)11-18(23-20)19(25)24-9-5-7-15(2)13-24/h4,6,8,10-11,15H,5,7,9,12-13H2,1-3H3,(H,21,22,23). The van der Waals surface area contributed by atoms with Crippen LogP contribution in [0.25, 0.3) is 0 Å². The summed E-state index contributed by atoms with van der Waals surface area (Å²) in [6.07, 6.45) is 2.26. The molecule has 5 heteroatoms. The molecule has 1 aromatic heterocycles. The lowest BCUT2D eigenvalue weighted by Crippen LogP contribution is -2.39. The number of rotatable bonds is 4. The van der Waals surface area contributed by atoms with Crippen molar-refractivity contribution < 1.29 is 4.79 Å². The number of amides is 1. The quantitative estimate of drug-likeness (QED) is 0.926. The molecule has 1 aliphatic rings. The predicted molar refractivity (Wildman–Crippen MR) is 99.6 cm³/mol. The van der Waals surface area contributed by atoms with Crippen LogP contribution in [-0.4, -0.2) is 33.9 Å². The van der Waals surface area contributed by atoms with E-state index in [9.17, 15) is 4.79 Å². The van der Waals surface area contributed by atoms with Crippen molar-refractivity contribution in [3.63, 3.8) is 0 Å². The van der Waals surface area contributed by atoms with E-state index in [4.69, 9.17) is 0 Å². The van der Waals surface area contributed by atoms with Gasteiger partial charge in [-0.1, -0.05) is 36.8 Å². The van der Waals surface area contributed by atoms with Gasteiger partial charge in [0.1, 0.15) is 5.69 Å². The zero-order valence-corrected chi connectivity index (χ0v) is 15.2. The van der Waals surface area contributed by atoms with Crippen LogP contribution in [0.1, 0.15) is 47.1 Å². The molecule has 0 saturated carbocycles. The molecule has 0 bridgehead atoms. The van der Waals surface area contributed by atoms with Gasteiger partial charge in [0.2, 0.25) is 5.95 Å². The smallest absolute Gasteiger partial charge is 0.272 e.